The highest BCUT2D eigenvalue weighted by molar-refractivity contribution is 5.48. The number of hydrogen-bond acceptors (Lipinski definition) is 5. The van der Waals surface area contributed by atoms with Gasteiger partial charge in [-0.1, -0.05) is 19.8 Å². The van der Waals surface area contributed by atoms with Crippen LogP contribution in [0.25, 0.3) is 0 Å². The molecule has 2 unspecified atom stereocenters. The van der Waals surface area contributed by atoms with Crippen molar-refractivity contribution in [1.29, 1.82) is 0 Å². The normalized spacial score (nSPS) is 25.7. The summed E-state index contributed by atoms with van der Waals surface area (Å²) in [5, 5.41) is 0. The second-order valence-corrected chi connectivity index (χ2v) is 6.46. The number of nitrogen functional groups attached to an aromatic ring is 1. The number of aromatic nitrogens is 2. The Morgan fingerprint density at radius 3 is 2.71 bits per heavy atom. The van der Waals surface area contributed by atoms with E-state index in [4.69, 9.17) is 10.6 Å². The lowest BCUT2D eigenvalue weighted by Gasteiger charge is -2.29. The largest absolute Gasteiger partial charge is 0.474 e. The third kappa shape index (κ3) is 3.28. The van der Waals surface area contributed by atoms with E-state index in [9.17, 15) is 0 Å². The van der Waals surface area contributed by atoms with Gasteiger partial charge in [-0.3, -0.25) is 0 Å². The molecule has 0 saturated heterocycles. The van der Waals surface area contributed by atoms with Crippen molar-refractivity contribution >= 4 is 5.82 Å². The van der Waals surface area contributed by atoms with E-state index in [1.54, 1.807) is 0 Å². The van der Waals surface area contributed by atoms with Gasteiger partial charge >= 0.3 is 0 Å². The molecule has 2 aliphatic rings. The molecule has 1 aromatic heterocycles. The summed E-state index contributed by atoms with van der Waals surface area (Å²) in [5.41, 5.74) is 3.60. The summed E-state index contributed by atoms with van der Waals surface area (Å²) in [7, 11) is 0. The Balaban J connectivity index is 1.78. The van der Waals surface area contributed by atoms with E-state index in [0.29, 0.717) is 11.7 Å². The molecule has 5 heteroatoms. The second-order valence-electron chi connectivity index (χ2n) is 6.46. The average Bonchev–Trinajstić information content (AvgIpc) is 3.34. The molecule has 0 amide bonds. The van der Waals surface area contributed by atoms with Crippen molar-refractivity contribution in [1.82, 2.24) is 9.97 Å². The fourth-order valence-electron chi connectivity index (χ4n) is 3.17. The van der Waals surface area contributed by atoms with E-state index < -0.39 is 0 Å². The quantitative estimate of drug-likeness (QED) is 0.643. The summed E-state index contributed by atoms with van der Waals surface area (Å²) in [5.74, 6) is 9.18. The lowest BCUT2D eigenvalue weighted by atomic mass is 9.85. The predicted molar refractivity (Wildman–Crippen MR) is 83.2 cm³/mol. The maximum atomic E-state index is 6.23. The third-order valence-corrected chi connectivity index (χ3v) is 4.79. The molecule has 3 rings (SSSR count). The van der Waals surface area contributed by atoms with Crippen molar-refractivity contribution in [3.63, 3.8) is 0 Å². The molecule has 0 spiro atoms. The number of nitrogens with zero attached hydrogens (tertiary/aromatic N) is 2. The lowest BCUT2D eigenvalue weighted by Crippen LogP contribution is -2.26. The van der Waals surface area contributed by atoms with Crippen LogP contribution in [0.1, 0.15) is 69.2 Å². The molecule has 0 bridgehead atoms. The first-order valence-electron chi connectivity index (χ1n) is 8.23. The van der Waals surface area contributed by atoms with Gasteiger partial charge in [0, 0.05) is 5.92 Å². The fourth-order valence-corrected chi connectivity index (χ4v) is 3.17. The minimum atomic E-state index is 0.287. The van der Waals surface area contributed by atoms with Crippen LogP contribution in [0.5, 0.6) is 5.88 Å². The van der Waals surface area contributed by atoms with Gasteiger partial charge in [-0.25, -0.2) is 10.8 Å². The molecule has 3 N–H and O–H groups in total. The molecular formula is C16H26N4O. The maximum absolute atomic E-state index is 6.23. The summed E-state index contributed by atoms with van der Waals surface area (Å²) in [6, 6.07) is 0. The minimum absolute atomic E-state index is 0.287. The van der Waals surface area contributed by atoms with Crippen LogP contribution in [0.2, 0.25) is 0 Å². The molecule has 2 atom stereocenters. The van der Waals surface area contributed by atoms with Gasteiger partial charge in [-0.15, -0.1) is 0 Å². The van der Waals surface area contributed by atoms with E-state index in [0.717, 1.165) is 36.0 Å². The van der Waals surface area contributed by atoms with Gasteiger partial charge in [0.1, 0.15) is 17.7 Å². The summed E-state index contributed by atoms with van der Waals surface area (Å²) in [6.45, 7) is 4.24. The topological polar surface area (TPSA) is 73.1 Å². The summed E-state index contributed by atoms with van der Waals surface area (Å²) < 4.78 is 6.23. The molecule has 0 aliphatic heterocycles. The zero-order chi connectivity index (χ0) is 14.8. The molecule has 0 aromatic carbocycles. The number of hydrazine groups is 1. The first kappa shape index (κ1) is 14.6. The van der Waals surface area contributed by atoms with Crippen LogP contribution in [0.3, 0.4) is 0 Å². The standard InChI is InChI=1S/C16H26N4O/c1-3-11-5-4-6-13(9-11)21-16-10(2)14(20-17)18-15(19-16)12-7-8-12/h11-13H,3-9,17H2,1-2H3,(H,18,19,20). The van der Waals surface area contributed by atoms with Crippen LogP contribution in [-0.4, -0.2) is 16.1 Å². The van der Waals surface area contributed by atoms with Crippen LogP contribution in [-0.2, 0) is 0 Å². The number of nitrogens with one attached hydrogen (secondary N) is 1. The Morgan fingerprint density at radius 1 is 1.24 bits per heavy atom. The first-order chi connectivity index (χ1) is 10.2. The van der Waals surface area contributed by atoms with Gasteiger partial charge in [-0.05, 0) is 44.9 Å². The van der Waals surface area contributed by atoms with E-state index >= 15 is 0 Å². The zero-order valence-corrected chi connectivity index (χ0v) is 13.1. The zero-order valence-electron chi connectivity index (χ0n) is 13.1. The number of anilines is 1. The van der Waals surface area contributed by atoms with E-state index in [1.165, 1.54) is 32.1 Å². The minimum Gasteiger partial charge on any atom is -0.474 e. The fraction of sp³-hybridized carbons (Fsp3) is 0.750. The van der Waals surface area contributed by atoms with Gasteiger partial charge < -0.3 is 10.2 Å². The second kappa shape index (κ2) is 6.18. The molecule has 1 aromatic rings. The average molecular weight is 290 g/mol. The lowest BCUT2D eigenvalue weighted by molar-refractivity contribution is 0.116. The van der Waals surface area contributed by atoms with Gasteiger partial charge in [-0.2, -0.15) is 4.98 Å². The van der Waals surface area contributed by atoms with Crippen LogP contribution in [0.15, 0.2) is 0 Å². The van der Waals surface area contributed by atoms with Crippen molar-refractivity contribution in [2.24, 2.45) is 11.8 Å². The maximum Gasteiger partial charge on any atom is 0.222 e. The van der Waals surface area contributed by atoms with Crippen molar-refractivity contribution < 1.29 is 4.74 Å². The Morgan fingerprint density at radius 2 is 2.05 bits per heavy atom. The first-order valence-corrected chi connectivity index (χ1v) is 8.23. The highest BCUT2D eigenvalue weighted by Gasteiger charge is 2.29. The highest BCUT2D eigenvalue weighted by atomic mass is 16.5. The Hall–Kier alpha value is -1.36. The van der Waals surface area contributed by atoms with E-state index in [-0.39, 0.29) is 6.10 Å². The monoisotopic (exact) mass is 290 g/mol. The predicted octanol–water partition coefficient (Wildman–Crippen LogP) is 3.30. The molecule has 0 radical (unpaired) electrons. The molecule has 116 valence electrons. The SMILES string of the molecule is CCC1CCCC(Oc2nc(C3CC3)nc(NN)c2C)C1. The molecule has 5 nitrogen and oxygen atoms in total. The van der Waals surface area contributed by atoms with Crippen molar-refractivity contribution in [2.45, 2.75) is 70.8 Å². The van der Waals surface area contributed by atoms with Gasteiger partial charge in [0.2, 0.25) is 5.88 Å². The third-order valence-electron chi connectivity index (χ3n) is 4.79. The Kier molecular flexibility index (Phi) is 4.29. The smallest absolute Gasteiger partial charge is 0.222 e. The summed E-state index contributed by atoms with van der Waals surface area (Å²) in [4.78, 5) is 9.17. The number of ether oxygens (including phenoxy) is 1. The molecule has 2 aliphatic carbocycles. The van der Waals surface area contributed by atoms with Crippen LogP contribution >= 0.6 is 0 Å². The number of hydrogen-bond donors (Lipinski definition) is 2. The number of nitrogens with two attached hydrogens (primary N) is 1. The summed E-state index contributed by atoms with van der Waals surface area (Å²) in [6.07, 6.45) is 8.74. The van der Waals surface area contributed by atoms with Crippen LogP contribution < -0.4 is 16.0 Å². The van der Waals surface area contributed by atoms with E-state index in [1.807, 2.05) is 6.92 Å². The molecular weight excluding hydrogens is 264 g/mol. The van der Waals surface area contributed by atoms with Crippen molar-refractivity contribution in [2.75, 3.05) is 5.43 Å². The van der Waals surface area contributed by atoms with Crippen molar-refractivity contribution in [3.8, 4) is 5.88 Å². The van der Waals surface area contributed by atoms with Gasteiger partial charge in [0.05, 0.1) is 5.56 Å². The Labute approximate surface area is 126 Å². The van der Waals surface area contributed by atoms with Crippen LogP contribution in [0.4, 0.5) is 5.82 Å². The Bertz CT molecular complexity index is 501. The van der Waals surface area contributed by atoms with Crippen molar-refractivity contribution in [3.05, 3.63) is 11.4 Å². The molecule has 2 fully saturated rings. The highest BCUT2D eigenvalue weighted by Crippen LogP contribution is 2.40. The van der Waals surface area contributed by atoms with Gasteiger partial charge in [0.25, 0.3) is 0 Å². The van der Waals surface area contributed by atoms with Gasteiger partial charge in [0.15, 0.2) is 0 Å². The summed E-state index contributed by atoms with van der Waals surface area (Å²) >= 11 is 0. The molecule has 1 heterocycles. The number of rotatable bonds is 5. The molecule has 2 saturated carbocycles. The molecule has 21 heavy (non-hydrogen) atoms. The van der Waals surface area contributed by atoms with Crippen LogP contribution in [0, 0.1) is 12.8 Å². The van der Waals surface area contributed by atoms with E-state index in [2.05, 4.69) is 22.3 Å².